The van der Waals surface area contributed by atoms with Crippen LogP contribution in [0.4, 0.5) is 0 Å². The van der Waals surface area contributed by atoms with E-state index >= 15 is 0 Å². The predicted octanol–water partition coefficient (Wildman–Crippen LogP) is 2.77. The molecule has 1 aliphatic heterocycles. The standard InChI is InChI=1S/C19H21NO4S/c1-20(13-14-5-8-18-19(11-14)24-10-9-23-18)25(21,22)17-7-6-15-3-2-4-16(15)12-17/h5-8,11-12H,2-4,9-10,13H2,1H3. The first-order valence-corrected chi connectivity index (χ1v) is 9.95. The molecule has 4 rings (SSSR count). The second-order valence-electron chi connectivity index (χ2n) is 6.52. The van der Waals surface area contributed by atoms with E-state index in [1.807, 2.05) is 30.3 Å². The van der Waals surface area contributed by atoms with Gasteiger partial charge in [-0.3, -0.25) is 0 Å². The third-order valence-electron chi connectivity index (χ3n) is 4.79. The summed E-state index contributed by atoms with van der Waals surface area (Å²) in [5.74, 6) is 1.38. The molecule has 0 spiro atoms. The molecular weight excluding hydrogens is 338 g/mol. The molecule has 6 heteroatoms. The molecule has 132 valence electrons. The van der Waals surface area contributed by atoms with Crippen LogP contribution in [0.5, 0.6) is 11.5 Å². The highest BCUT2D eigenvalue weighted by Gasteiger charge is 2.23. The maximum atomic E-state index is 12.9. The Labute approximate surface area is 148 Å². The molecule has 0 aromatic heterocycles. The molecule has 0 bridgehead atoms. The summed E-state index contributed by atoms with van der Waals surface area (Å²) in [5, 5.41) is 0. The number of nitrogens with zero attached hydrogens (tertiary/aromatic N) is 1. The van der Waals surface area contributed by atoms with E-state index in [1.165, 1.54) is 9.87 Å². The zero-order valence-corrected chi connectivity index (χ0v) is 15.0. The van der Waals surface area contributed by atoms with Gasteiger partial charge in [0.25, 0.3) is 0 Å². The smallest absolute Gasteiger partial charge is 0.243 e. The van der Waals surface area contributed by atoms with Gasteiger partial charge in [0.1, 0.15) is 13.2 Å². The van der Waals surface area contributed by atoms with Crippen molar-refractivity contribution in [3.8, 4) is 11.5 Å². The molecule has 25 heavy (non-hydrogen) atoms. The van der Waals surface area contributed by atoms with Gasteiger partial charge in [0.2, 0.25) is 10.0 Å². The first kappa shape index (κ1) is 16.4. The molecule has 0 N–H and O–H groups in total. The minimum absolute atomic E-state index is 0.288. The number of hydrogen-bond acceptors (Lipinski definition) is 4. The van der Waals surface area contributed by atoms with Crippen LogP contribution in [0.2, 0.25) is 0 Å². The summed E-state index contributed by atoms with van der Waals surface area (Å²) in [6.45, 7) is 1.34. The molecule has 1 aliphatic carbocycles. The fraction of sp³-hybridized carbons (Fsp3) is 0.368. The Morgan fingerprint density at radius 2 is 1.72 bits per heavy atom. The Kier molecular flexibility index (Phi) is 4.17. The zero-order chi connectivity index (χ0) is 17.4. The van der Waals surface area contributed by atoms with Crippen molar-refractivity contribution in [3.63, 3.8) is 0 Å². The van der Waals surface area contributed by atoms with Crippen LogP contribution in [0.15, 0.2) is 41.3 Å². The molecule has 2 aromatic carbocycles. The predicted molar refractivity (Wildman–Crippen MR) is 94.6 cm³/mol. The molecule has 0 saturated heterocycles. The molecule has 0 unspecified atom stereocenters. The monoisotopic (exact) mass is 359 g/mol. The lowest BCUT2D eigenvalue weighted by Gasteiger charge is -2.21. The molecule has 2 aromatic rings. The molecule has 0 amide bonds. The van der Waals surface area contributed by atoms with Crippen molar-refractivity contribution in [1.82, 2.24) is 4.31 Å². The first-order valence-electron chi connectivity index (χ1n) is 8.51. The molecule has 0 radical (unpaired) electrons. The van der Waals surface area contributed by atoms with Crippen LogP contribution < -0.4 is 9.47 Å². The van der Waals surface area contributed by atoms with Gasteiger partial charge in [-0.2, -0.15) is 4.31 Å². The number of sulfonamides is 1. The van der Waals surface area contributed by atoms with Crippen molar-refractivity contribution in [3.05, 3.63) is 53.1 Å². The summed E-state index contributed by atoms with van der Waals surface area (Å²) in [6, 6.07) is 11.1. The minimum atomic E-state index is -3.52. The van der Waals surface area contributed by atoms with Crippen molar-refractivity contribution >= 4 is 10.0 Å². The van der Waals surface area contributed by atoms with Gasteiger partial charge in [-0.25, -0.2) is 8.42 Å². The van der Waals surface area contributed by atoms with E-state index in [0.717, 1.165) is 30.4 Å². The molecule has 0 fully saturated rings. The number of aryl methyl sites for hydroxylation is 2. The van der Waals surface area contributed by atoms with E-state index in [2.05, 4.69) is 0 Å². The van der Waals surface area contributed by atoms with Crippen LogP contribution in [0, 0.1) is 0 Å². The third-order valence-corrected chi connectivity index (χ3v) is 6.59. The highest BCUT2D eigenvalue weighted by atomic mass is 32.2. The molecule has 5 nitrogen and oxygen atoms in total. The highest BCUT2D eigenvalue weighted by molar-refractivity contribution is 7.89. The fourth-order valence-electron chi connectivity index (χ4n) is 3.42. The Morgan fingerprint density at radius 3 is 2.56 bits per heavy atom. The lowest BCUT2D eigenvalue weighted by atomic mass is 10.1. The van der Waals surface area contributed by atoms with Crippen LogP contribution in [0.25, 0.3) is 0 Å². The summed E-state index contributed by atoms with van der Waals surface area (Å²) < 4.78 is 38.3. The number of hydrogen-bond donors (Lipinski definition) is 0. The van der Waals surface area contributed by atoms with E-state index in [9.17, 15) is 8.42 Å². The average molecular weight is 359 g/mol. The van der Waals surface area contributed by atoms with Crippen molar-refractivity contribution in [2.24, 2.45) is 0 Å². The van der Waals surface area contributed by atoms with Gasteiger partial charge in [0.15, 0.2) is 11.5 Å². The topological polar surface area (TPSA) is 55.8 Å². The second-order valence-corrected chi connectivity index (χ2v) is 8.57. The number of rotatable bonds is 4. The molecule has 2 aliphatic rings. The second kappa shape index (κ2) is 6.35. The summed E-state index contributed by atoms with van der Waals surface area (Å²) in [4.78, 5) is 0.369. The zero-order valence-electron chi connectivity index (χ0n) is 14.2. The molecule has 0 atom stereocenters. The Morgan fingerprint density at radius 1 is 0.960 bits per heavy atom. The Bertz CT molecular complexity index is 908. The van der Waals surface area contributed by atoms with E-state index < -0.39 is 10.0 Å². The van der Waals surface area contributed by atoms with Gasteiger partial charge in [-0.05, 0) is 60.2 Å². The summed E-state index contributed by atoms with van der Waals surface area (Å²) in [7, 11) is -1.91. The highest BCUT2D eigenvalue weighted by Crippen LogP contribution is 2.32. The van der Waals surface area contributed by atoms with Gasteiger partial charge < -0.3 is 9.47 Å². The van der Waals surface area contributed by atoms with Crippen LogP contribution >= 0.6 is 0 Å². The maximum Gasteiger partial charge on any atom is 0.243 e. The first-order chi connectivity index (χ1) is 12.0. The lowest BCUT2D eigenvalue weighted by molar-refractivity contribution is 0.171. The largest absolute Gasteiger partial charge is 0.486 e. The van der Waals surface area contributed by atoms with Gasteiger partial charge in [0.05, 0.1) is 4.90 Å². The van der Waals surface area contributed by atoms with Gasteiger partial charge in [-0.1, -0.05) is 12.1 Å². The summed E-state index contributed by atoms with van der Waals surface area (Å²) >= 11 is 0. The van der Waals surface area contributed by atoms with Crippen molar-refractivity contribution in [1.29, 1.82) is 0 Å². The lowest BCUT2D eigenvalue weighted by Crippen LogP contribution is -2.26. The molecular formula is C19H21NO4S. The van der Waals surface area contributed by atoms with E-state index in [-0.39, 0.29) is 6.54 Å². The van der Waals surface area contributed by atoms with Crippen LogP contribution in [0.1, 0.15) is 23.1 Å². The van der Waals surface area contributed by atoms with E-state index in [1.54, 1.807) is 13.1 Å². The van der Waals surface area contributed by atoms with Crippen LogP contribution in [-0.2, 0) is 29.4 Å². The van der Waals surface area contributed by atoms with Crippen molar-refractivity contribution < 1.29 is 17.9 Å². The van der Waals surface area contributed by atoms with E-state index in [4.69, 9.17) is 9.47 Å². The average Bonchev–Trinajstić information content (AvgIpc) is 3.09. The minimum Gasteiger partial charge on any atom is -0.486 e. The Balaban J connectivity index is 1.56. The summed E-state index contributed by atoms with van der Waals surface area (Å²) in [5.41, 5.74) is 3.30. The molecule has 0 saturated carbocycles. The third kappa shape index (κ3) is 3.12. The van der Waals surface area contributed by atoms with Crippen molar-refractivity contribution in [2.75, 3.05) is 20.3 Å². The fourth-order valence-corrected chi connectivity index (χ4v) is 4.63. The van der Waals surface area contributed by atoms with Gasteiger partial charge >= 0.3 is 0 Å². The quantitative estimate of drug-likeness (QED) is 0.842. The normalized spacial score (nSPS) is 16.1. The van der Waals surface area contributed by atoms with Crippen LogP contribution in [0.3, 0.4) is 0 Å². The van der Waals surface area contributed by atoms with Gasteiger partial charge in [-0.15, -0.1) is 0 Å². The van der Waals surface area contributed by atoms with Gasteiger partial charge in [0, 0.05) is 13.6 Å². The maximum absolute atomic E-state index is 12.9. The van der Waals surface area contributed by atoms with E-state index in [0.29, 0.717) is 29.6 Å². The summed E-state index contributed by atoms with van der Waals surface area (Å²) in [6.07, 6.45) is 3.11. The Hall–Kier alpha value is -2.05. The number of benzene rings is 2. The SMILES string of the molecule is CN(Cc1ccc2c(c1)OCCO2)S(=O)(=O)c1ccc2c(c1)CCC2. The number of ether oxygens (including phenoxy) is 2. The number of fused-ring (bicyclic) bond motifs is 2. The van der Waals surface area contributed by atoms with Crippen molar-refractivity contribution in [2.45, 2.75) is 30.7 Å². The van der Waals surface area contributed by atoms with Crippen LogP contribution in [-0.4, -0.2) is 33.0 Å². The molecule has 1 heterocycles.